The van der Waals surface area contributed by atoms with Gasteiger partial charge >= 0.3 is 0 Å². The van der Waals surface area contributed by atoms with Crippen molar-refractivity contribution in [3.63, 3.8) is 0 Å². The van der Waals surface area contributed by atoms with Crippen LogP contribution in [0.3, 0.4) is 0 Å². The minimum atomic E-state index is -0.181. The van der Waals surface area contributed by atoms with Crippen LogP contribution in [0.2, 0.25) is 0 Å². The van der Waals surface area contributed by atoms with Crippen LogP contribution < -0.4 is 5.32 Å². The first-order chi connectivity index (χ1) is 14.1. The Morgan fingerprint density at radius 2 is 1.69 bits per heavy atom. The van der Waals surface area contributed by atoms with Crippen LogP contribution in [0.1, 0.15) is 55.1 Å². The molecule has 3 aromatic rings. The van der Waals surface area contributed by atoms with Crippen LogP contribution >= 0.6 is 0 Å². The van der Waals surface area contributed by atoms with Crippen LogP contribution in [0, 0.1) is 19.8 Å². The molecule has 4 rings (SSSR count). The number of rotatable bonds is 6. The molecular formula is C24H31N5. The predicted octanol–water partition coefficient (Wildman–Crippen LogP) is 4.52. The SMILES string of the molecule is Cc1cccc(C)c1-n1nnnc1C1(NCCc2ccccc2)CCC(C)CC1. The van der Waals surface area contributed by atoms with Gasteiger partial charge in [-0.1, -0.05) is 55.5 Å². The fraction of sp³-hybridized carbons (Fsp3) is 0.458. The molecule has 152 valence electrons. The van der Waals surface area contributed by atoms with Crippen molar-refractivity contribution < 1.29 is 0 Å². The van der Waals surface area contributed by atoms with Crippen molar-refractivity contribution in [2.45, 2.75) is 58.4 Å². The van der Waals surface area contributed by atoms with Crippen molar-refractivity contribution in [2.75, 3.05) is 6.54 Å². The van der Waals surface area contributed by atoms with E-state index in [0.29, 0.717) is 0 Å². The third-order valence-corrected chi connectivity index (χ3v) is 6.40. The van der Waals surface area contributed by atoms with Gasteiger partial charge < -0.3 is 5.32 Å². The highest BCUT2D eigenvalue weighted by molar-refractivity contribution is 5.47. The van der Waals surface area contributed by atoms with E-state index in [1.165, 1.54) is 29.5 Å². The van der Waals surface area contributed by atoms with Gasteiger partial charge in [-0.25, -0.2) is 0 Å². The molecule has 1 saturated carbocycles. The van der Waals surface area contributed by atoms with Crippen molar-refractivity contribution in [1.29, 1.82) is 0 Å². The number of aryl methyl sites for hydroxylation is 2. The second-order valence-electron chi connectivity index (χ2n) is 8.58. The summed E-state index contributed by atoms with van der Waals surface area (Å²) >= 11 is 0. The molecule has 1 heterocycles. The third-order valence-electron chi connectivity index (χ3n) is 6.40. The Kier molecular flexibility index (Phi) is 5.76. The number of tetrazole rings is 1. The summed E-state index contributed by atoms with van der Waals surface area (Å²) in [4.78, 5) is 0. The van der Waals surface area contributed by atoms with Gasteiger partial charge in [-0.05, 0) is 79.0 Å². The number of benzene rings is 2. The lowest BCUT2D eigenvalue weighted by atomic mass is 9.76. The molecule has 2 aromatic carbocycles. The highest BCUT2D eigenvalue weighted by Gasteiger charge is 2.40. The van der Waals surface area contributed by atoms with Gasteiger partial charge in [0.25, 0.3) is 0 Å². The summed E-state index contributed by atoms with van der Waals surface area (Å²) in [5.41, 5.74) is 4.67. The van der Waals surface area contributed by atoms with Crippen molar-refractivity contribution in [3.05, 3.63) is 71.0 Å². The molecule has 0 radical (unpaired) electrons. The minimum Gasteiger partial charge on any atom is -0.304 e. The summed E-state index contributed by atoms with van der Waals surface area (Å²) in [7, 11) is 0. The van der Waals surface area contributed by atoms with E-state index in [9.17, 15) is 0 Å². The maximum absolute atomic E-state index is 4.56. The summed E-state index contributed by atoms with van der Waals surface area (Å²) < 4.78 is 1.98. The largest absolute Gasteiger partial charge is 0.304 e. The number of nitrogens with one attached hydrogen (secondary N) is 1. The van der Waals surface area contributed by atoms with E-state index >= 15 is 0 Å². The van der Waals surface area contributed by atoms with Gasteiger partial charge in [0.2, 0.25) is 0 Å². The Bertz CT molecular complexity index is 919. The standard InChI is InChI=1S/C24H31N5/c1-18-12-15-24(16-13-18,25-17-14-21-10-5-4-6-11-21)23-26-27-28-29(23)22-19(2)8-7-9-20(22)3/h4-11,18,25H,12-17H2,1-3H3. The fourth-order valence-electron chi connectivity index (χ4n) is 4.60. The Morgan fingerprint density at radius 3 is 2.38 bits per heavy atom. The van der Waals surface area contributed by atoms with E-state index in [1.807, 2.05) is 4.68 Å². The Hall–Kier alpha value is -2.53. The smallest absolute Gasteiger partial charge is 0.176 e. The first-order valence-corrected chi connectivity index (χ1v) is 10.7. The van der Waals surface area contributed by atoms with Gasteiger partial charge in [-0.2, -0.15) is 4.68 Å². The molecule has 1 N–H and O–H groups in total. The van der Waals surface area contributed by atoms with E-state index in [4.69, 9.17) is 0 Å². The molecule has 5 heteroatoms. The molecule has 0 spiro atoms. The average molecular weight is 390 g/mol. The van der Waals surface area contributed by atoms with Crippen LogP contribution in [-0.4, -0.2) is 26.8 Å². The first kappa shape index (κ1) is 19.8. The summed E-state index contributed by atoms with van der Waals surface area (Å²) in [5.74, 6) is 1.71. The van der Waals surface area contributed by atoms with E-state index in [0.717, 1.165) is 43.2 Å². The normalized spacial score (nSPS) is 22.0. The molecule has 1 aliphatic carbocycles. The Morgan fingerprint density at radius 1 is 1.00 bits per heavy atom. The lowest BCUT2D eigenvalue weighted by Gasteiger charge is -2.39. The maximum atomic E-state index is 4.56. The molecule has 29 heavy (non-hydrogen) atoms. The molecule has 1 aliphatic rings. The van der Waals surface area contributed by atoms with Crippen molar-refractivity contribution in [3.8, 4) is 5.69 Å². The zero-order valence-corrected chi connectivity index (χ0v) is 17.7. The number of para-hydroxylation sites is 1. The van der Waals surface area contributed by atoms with E-state index in [2.05, 4.69) is 90.1 Å². The van der Waals surface area contributed by atoms with Crippen LogP contribution in [0.25, 0.3) is 5.69 Å². The molecule has 0 amide bonds. The number of nitrogens with zero attached hydrogens (tertiary/aromatic N) is 4. The van der Waals surface area contributed by atoms with Gasteiger partial charge in [0.15, 0.2) is 5.82 Å². The summed E-state index contributed by atoms with van der Waals surface area (Å²) in [6, 6.07) is 17.0. The second-order valence-corrected chi connectivity index (χ2v) is 8.58. The fourth-order valence-corrected chi connectivity index (χ4v) is 4.60. The Balaban J connectivity index is 1.65. The van der Waals surface area contributed by atoms with E-state index < -0.39 is 0 Å². The minimum absolute atomic E-state index is 0.181. The lowest BCUT2D eigenvalue weighted by Crippen LogP contribution is -2.48. The van der Waals surface area contributed by atoms with E-state index in [-0.39, 0.29) is 5.54 Å². The topological polar surface area (TPSA) is 55.6 Å². The van der Waals surface area contributed by atoms with Gasteiger partial charge in [-0.15, -0.1) is 5.10 Å². The molecule has 1 aromatic heterocycles. The molecule has 0 aliphatic heterocycles. The zero-order valence-electron chi connectivity index (χ0n) is 17.7. The molecule has 0 unspecified atom stereocenters. The summed E-state index contributed by atoms with van der Waals surface area (Å²) in [6.45, 7) is 7.53. The molecule has 0 atom stereocenters. The maximum Gasteiger partial charge on any atom is 0.176 e. The predicted molar refractivity (Wildman–Crippen MR) is 116 cm³/mol. The molecular weight excluding hydrogens is 358 g/mol. The van der Waals surface area contributed by atoms with E-state index in [1.54, 1.807) is 0 Å². The molecule has 0 saturated heterocycles. The number of hydrogen-bond acceptors (Lipinski definition) is 4. The second kappa shape index (κ2) is 8.46. The van der Waals surface area contributed by atoms with Gasteiger partial charge in [0.1, 0.15) is 0 Å². The summed E-state index contributed by atoms with van der Waals surface area (Å²) in [6.07, 6.45) is 5.52. The van der Waals surface area contributed by atoms with Gasteiger partial charge in [0.05, 0.1) is 11.2 Å². The zero-order chi connectivity index (χ0) is 20.3. The molecule has 5 nitrogen and oxygen atoms in total. The number of hydrogen-bond donors (Lipinski definition) is 1. The highest BCUT2D eigenvalue weighted by atomic mass is 15.6. The average Bonchev–Trinajstić information content (AvgIpc) is 3.20. The van der Waals surface area contributed by atoms with Crippen molar-refractivity contribution >= 4 is 0 Å². The Labute approximate surface area is 173 Å². The highest BCUT2D eigenvalue weighted by Crippen LogP contribution is 2.39. The molecule has 0 bridgehead atoms. The number of aromatic nitrogens is 4. The molecule has 1 fully saturated rings. The van der Waals surface area contributed by atoms with Crippen molar-refractivity contribution in [1.82, 2.24) is 25.5 Å². The van der Waals surface area contributed by atoms with Crippen molar-refractivity contribution in [2.24, 2.45) is 5.92 Å². The first-order valence-electron chi connectivity index (χ1n) is 10.7. The van der Waals surface area contributed by atoms with Crippen LogP contribution in [-0.2, 0) is 12.0 Å². The van der Waals surface area contributed by atoms with Crippen LogP contribution in [0.4, 0.5) is 0 Å². The quantitative estimate of drug-likeness (QED) is 0.674. The van der Waals surface area contributed by atoms with Crippen LogP contribution in [0.5, 0.6) is 0 Å². The van der Waals surface area contributed by atoms with Gasteiger partial charge in [0, 0.05) is 6.54 Å². The van der Waals surface area contributed by atoms with Crippen LogP contribution in [0.15, 0.2) is 48.5 Å². The third kappa shape index (κ3) is 4.10. The lowest BCUT2D eigenvalue weighted by molar-refractivity contribution is 0.183. The monoisotopic (exact) mass is 389 g/mol. The summed E-state index contributed by atoms with van der Waals surface area (Å²) in [5, 5.41) is 17.0. The van der Waals surface area contributed by atoms with Gasteiger partial charge in [-0.3, -0.25) is 0 Å².